The molecule has 0 aromatic heterocycles. The van der Waals surface area contributed by atoms with Crippen molar-refractivity contribution in [2.24, 2.45) is 0 Å². The zero-order valence-electron chi connectivity index (χ0n) is 19.3. The molecule has 2 aromatic carbocycles. The van der Waals surface area contributed by atoms with Crippen LogP contribution in [0.1, 0.15) is 36.1 Å². The average Bonchev–Trinajstić information content (AvgIpc) is 3.07. The van der Waals surface area contributed by atoms with Gasteiger partial charge in [-0.2, -0.15) is 0 Å². The van der Waals surface area contributed by atoms with Crippen molar-refractivity contribution in [3.05, 3.63) is 64.7 Å². The van der Waals surface area contributed by atoms with Gasteiger partial charge in [0.05, 0.1) is 24.8 Å². The Morgan fingerprint density at radius 2 is 2.03 bits per heavy atom. The van der Waals surface area contributed by atoms with Crippen molar-refractivity contribution in [3.8, 4) is 11.5 Å². The van der Waals surface area contributed by atoms with E-state index in [0.717, 1.165) is 29.7 Å². The Hall–Kier alpha value is -3.32. The Bertz CT molecular complexity index is 1090. The lowest BCUT2D eigenvalue weighted by atomic mass is 9.94. The highest BCUT2D eigenvalue weighted by atomic mass is 16.5. The predicted octanol–water partition coefficient (Wildman–Crippen LogP) is 3.39. The van der Waals surface area contributed by atoms with Crippen LogP contribution in [0.25, 0.3) is 5.76 Å². The van der Waals surface area contributed by atoms with E-state index in [-0.39, 0.29) is 11.3 Å². The highest BCUT2D eigenvalue weighted by molar-refractivity contribution is 6.46. The molecule has 1 unspecified atom stereocenters. The summed E-state index contributed by atoms with van der Waals surface area (Å²) in [6, 6.07) is 12.1. The molecule has 0 radical (unpaired) electrons. The van der Waals surface area contributed by atoms with Crippen molar-refractivity contribution in [1.82, 2.24) is 9.80 Å². The molecule has 0 aliphatic carbocycles. The van der Waals surface area contributed by atoms with Crippen molar-refractivity contribution in [1.29, 1.82) is 0 Å². The fourth-order valence-corrected chi connectivity index (χ4v) is 4.37. The molecule has 1 amide bonds. The number of benzene rings is 2. The largest absolute Gasteiger partial charge is 0.507 e. The minimum Gasteiger partial charge on any atom is -0.507 e. The van der Waals surface area contributed by atoms with E-state index in [0.29, 0.717) is 37.6 Å². The molecule has 2 aliphatic rings. The fourth-order valence-electron chi connectivity index (χ4n) is 4.37. The van der Waals surface area contributed by atoms with Crippen LogP contribution in [0.3, 0.4) is 0 Å². The number of rotatable bonds is 7. The van der Waals surface area contributed by atoms with Crippen LogP contribution in [0.2, 0.25) is 0 Å². The minimum atomic E-state index is -0.697. The number of amides is 1. The van der Waals surface area contributed by atoms with Crippen LogP contribution in [0.15, 0.2) is 48.0 Å². The molecule has 1 atom stereocenters. The first-order valence-electron chi connectivity index (χ1n) is 11.3. The number of carbonyl (C=O) groups excluding carboxylic acids is 2. The molecule has 33 heavy (non-hydrogen) atoms. The summed E-state index contributed by atoms with van der Waals surface area (Å²) in [7, 11) is 3.83. The molecular weight excluding hydrogens is 420 g/mol. The van der Waals surface area contributed by atoms with Gasteiger partial charge >= 0.3 is 0 Å². The van der Waals surface area contributed by atoms with Gasteiger partial charge in [-0.05, 0) is 75.3 Å². The van der Waals surface area contributed by atoms with Crippen LogP contribution < -0.4 is 9.47 Å². The maximum atomic E-state index is 13.2. The Labute approximate surface area is 194 Å². The van der Waals surface area contributed by atoms with Gasteiger partial charge in [0.15, 0.2) is 0 Å². The maximum Gasteiger partial charge on any atom is 0.295 e. The van der Waals surface area contributed by atoms with Gasteiger partial charge in [0, 0.05) is 18.7 Å². The molecule has 2 aliphatic heterocycles. The van der Waals surface area contributed by atoms with Crippen molar-refractivity contribution in [2.75, 3.05) is 40.4 Å². The standard InChI is InChI=1S/C26H30N2O5/c1-4-32-20-9-5-7-18(16-20)23-22(25(30)26(31)28(23)13-12-27(2)3)24(29)19-10-11-21-17(15-19)8-6-14-33-21/h5,7,9-11,15-16,23,29H,4,6,8,12-14H2,1-3H3/b24-22-. The summed E-state index contributed by atoms with van der Waals surface area (Å²) in [4.78, 5) is 29.7. The number of aliphatic hydroxyl groups excluding tert-OH is 1. The molecule has 7 nitrogen and oxygen atoms in total. The molecule has 1 fully saturated rings. The fraction of sp³-hybridized carbons (Fsp3) is 0.385. The first kappa shape index (κ1) is 22.9. The van der Waals surface area contributed by atoms with Crippen LogP contribution in [-0.4, -0.2) is 67.0 Å². The lowest BCUT2D eigenvalue weighted by molar-refractivity contribution is -0.140. The van der Waals surface area contributed by atoms with E-state index in [4.69, 9.17) is 9.47 Å². The molecule has 7 heteroatoms. The van der Waals surface area contributed by atoms with Crippen LogP contribution >= 0.6 is 0 Å². The third kappa shape index (κ3) is 4.59. The Kier molecular flexibility index (Phi) is 6.70. The van der Waals surface area contributed by atoms with Crippen LogP contribution in [0, 0.1) is 0 Å². The number of aliphatic hydroxyl groups is 1. The molecule has 2 heterocycles. The van der Waals surface area contributed by atoms with Gasteiger partial charge in [0.2, 0.25) is 0 Å². The Balaban J connectivity index is 1.82. The highest BCUT2D eigenvalue weighted by Gasteiger charge is 2.46. The van der Waals surface area contributed by atoms with Gasteiger partial charge < -0.3 is 24.4 Å². The van der Waals surface area contributed by atoms with E-state index in [9.17, 15) is 14.7 Å². The van der Waals surface area contributed by atoms with Gasteiger partial charge in [-0.15, -0.1) is 0 Å². The maximum absolute atomic E-state index is 13.2. The molecule has 0 spiro atoms. The van der Waals surface area contributed by atoms with Crippen LogP contribution in [-0.2, 0) is 16.0 Å². The number of carbonyl (C=O) groups is 2. The SMILES string of the molecule is CCOc1cccc(C2/C(=C(/O)c3ccc4c(c3)CCCO4)C(=O)C(=O)N2CCN(C)C)c1. The van der Waals surface area contributed by atoms with Crippen LogP contribution in [0.5, 0.6) is 11.5 Å². The van der Waals surface area contributed by atoms with E-state index in [1.165, 1.54) is 0 Å². The van der Waals surface area contributed by atoms with Crippen molar-refractivity contribution in [3.63, 3.8) is 0 Å². The third-order valence-electron chi connectivity index (χ3n) is 5.99. The number of nitrogens with zero attached hydrogens (tertiary/aromatic N) is 2. The summed E-state index contributed by atoms with van der Waals surface area (Å²) in [5, 5.41) is 11.3. The topological polar surface area (TPSA) is 79.3 Å². The summed E-state index contributed by atoms with van der Waals surface area (Å²) in [6.07, 6.45) is 1.74. The number of likely N-dealkylation sites (tertiary alicyclic amines) is 1. The first-order valence-corrected chi connectivity index (χ1v) is 11.3. The number of ether oxygens (including phenoxy) is 2. The molecular formula is C26H30N2O5. The number of likely N-dealkylation sites (N-methyl/N-ethyl adjacent to an activating group) is 1. The molecule has 2 aromatic rings. The molecule has 4 rings (SSSR count). The molecule has 1 N–H and O–H groups in total. The van der Waals surface area contributed by atoms with Gasteiger partial charge in [0.1, 0.15) is 17.3 Å². The van der Waals surface area contributed by atoms with E-state index in [2.05, 4.69) is 0 Å². The normalized spacial score (nSPS) is 19.5. The average molecular weight is 451 g/mol. The third-order valence-corrected chi connectivity index (χ3v) is 5.99. The number of ketones is 1. The Morgan fingerprint density at radius 1 is 1.21 bits per heavy atom. The molecule has 1 saturated heterocycles. The summed E-state index contributed by atoms with van der Waals surface area (Å²) in [5.41, 5.74) is 2.32. The molecule has 174 valence electrons. The second-order valence-electron chi connectivity index (χ2n) is 8.58. The lowest BCUT2D eigenvalue weighted by Crippen LogP contribution is -2.35. The van der Waals surface area contributed by atoms with Gasteiger partial charge in [-0.1, -0.05) is 12.1 Å². The molecule has 0 saturated carbocycles. The van der Waals surface area contributed by atoms with Crippen LogP contribution in [0.4, 0.5) is 0 Å². The lowest BCUT2D eigenvalue weighted by Gasteiger charge is -2.27. The highest BCUT2D eigenvalue weighted by Crippen LogP contribution is 2.40. The second-order valence-corrected chi connectivity index (χ2v) is 8.58. The number of fused-ring (bicyclic) bond motifs is 1. The smallest absolute Gasteiger partial charge is 0.295 e. The van der Waals surface area contributed by atoms with Crippen molar-refractivity contribution < 1.29 is 24.2 Å². The summed E-state index contributed by atoms with van der Waals surface area (Å²) in [6.45, 7) is 4.02. The van der Waals surface area contributed by atoms with E-state index in [1.54, 1.807) is 11.0 Å². The second kappa shape index (κ2) is 9.67. The molecule has 0 bridgehead atoms. The summed E-state index contributed by atoms with van der Waals surface area (Å²) in [5.74, 6) is 0.00348. The van der Waals surface area contributed by atoms with Crippen molar-refractivity contribution in [2.45, 2.75) is 25.8 Å². The zero-order chi connectivity index (χ0) is 23.5. The number of hydrogen-bond acceptors (Lipinski definition) is 6. The summed E-state index contributed by atoms with van der Waals surface area (Å²) >= 11 is 0. The van der Waals surface area contributed by atoms with E-state index in [1.807, 2.05) is 62.3 Å². The number of hydrogen-bond donors (Lipinski definition) is 1. The number of Topliss-reactive ketones (excluding diaryl/α,β-unsaturated/α-hetero) is 1. The monoisotopic (exact) mass is 450 g/mol. The minimum absolute atomic E-state index is 0.101. The zero-order valence-corrected chi connectivity index (χ0v) is 19.3. The Morgan fingerprint density at radius 3 is 2.79 bits per heavy atom. The van der Waals surface area contributed by atoms with Gasteiger partial charge in [-0.25, -0.2) is 0 Å². The van der Waals surface area contributed by atoms with E-state index >= 15 is 0 Å². The predicted molar refractivity (Wildman–Crippen MR) is 125 cm³/mol. The van der Waals surface area contributed by atoms with Crippen molar-refractivity contribution >= 4 is 17.4 Å². The van der Waals surface area contributed by atoms with E-state index < -0.39 is 17.7 Å². The number of aryl methyl sites for hydroxylation is 1. The first-order chi connectivity index (χ1) is 15.9. The van der Waals surface area contributed by atoms with Gasteiger partial charge in [0.25, 0.3) is 11.7 Å². The summed E-state index contributed by atoms with van der Waals surface area (Å²) < 4.78 is 11.3. The quantitative estimate of drug-likeness (QED) is 0.396. The van der Waals surface area contributed by atoms with Gasteiger partial charge in [-0.3, -0.25) is 9.59 Å².